The molecule has 2 aromatic rings. The lowest BCUT2D eigenvalue weighted by Crippen LogP contribution is -2.34. The fourth-order valence-electron chi connectivity index (χ4n) is 4.20. The van der Waals surface area contributed by atoms with Crippen LogP contribution >= 0.6 is 0 Å². The molecular formula is C24H32FN3O5S. The zero-order chi connectivity index (χ0) is 24.7. The van der Waals surface area contributed by atoms with Crippen molar-refractivity contribution in [2.24, 2.45) is 5.14 Å². The Hall–Kier alpha value is -2.69. The number of primary sulfonamides is 1. The summed E-state index contributed by atoms with van der Waals surface area (Å²) in [6, 6.07) is 13.1. The van der Waals surface area contributed by atoms with E-state index < -0.39 is 15.9 Å². The molecule has 1 aliphatic carbocycles. The zero-order valence-corrected chi connectivity index (χ0v) is 20.2. The lowest BCUT2D eigenvalue weighted by Gasteiger charge is -2.21. The number of nitrogens with one attached hydrogen (secondary N) is 2. The lowest BCUT2D eigenvalue weighted by atomic mass is 9.97. The van der Waals surface area contributed by atoms with Gasteiger partial charge in [-0.1, -0.05) is 18.2 Å². The van der Waals surface area contributed by atoms with Crippen LogP contribution in [0.15, 0.2) is 42.5 Å². The number of benzene rings is 2. The highest BCUT2D eigenvalue weighted by Gasteiger charge is 2.27. The predicted molar refractivity (Wildman–Crippen MR) is 128 cm³/mol. The van der Waals surface area contributed by atoms with Crippen LogP contribution in [-0.4, -0.2) is 46.4 Å². The van der Waals surface area contributed by atoms with E-state index in [1.165, 1.54) is 18.7 Å². The molecule has 0 spiro atoms. The summed E-state index contributed by atoms with van der Waals surface area (Å²) in [5.41, 5.74) is 2.20. The number of carbonyl (C=O) groups is 1. The second-order valence-electron chi connectivity index (χ2n) is 8.56. The summed E-state index contributed by atoms with van der Waals surface area (Å²) in [5.74, 6) is 0.139. The van der Waals surface area contributed by atoms with Crippen molar-refractivity contribution in [1.82, 2.24) is 10.6 Å². The number of hydrogen-bond acceptors (Lipinski definition) is 6. The number of methoxy groups -OCH3 is 1. The lowest BCUT2D eigenvalue weighted by molar-refractivity contribution is -0.122. The van der Waals surface area contributed by atoms with Crippen molar-refractivity contribution in [1.29, 1.82) is 0 Å². The fourth-order valence-corrected chi connectivity index (χ4v) is 4.59. The number of amides is 1. The summed E-state index contributed by atoms with van der Waals surface area (Å²) in [7, 11) is -2.15. The van der Waals surface area contributed by atoms with Crippen molar-refractivity contribution in [3.8, 4) is 11.5 Å². The largest absolute Gasteiger partial charge is 0.494 e. The second-order valence-corrected chi connectivity index (χ2v) is 10.3. The third-order valence-electron chi connectivity index (χ3n) is 6.02. The van der Waals surface area contributed by atoms with Crippen LogP contribution in [0.2, 0.25) is 0 Å². The quantitative estimate of drug-likeness (QED) is 0.443. The minimum absolute atomic E-state index is 0.0514. The monoisotopic (exact) mass is 493 g/mol. The van der Waals surface area contributed by atoms with Crippen molar-refractivity contribution < 1.29 is 27.1 Å². The molecular weight excluding hydrogens is 461 g/mol. The number of rotatable bonds is 11. The van der Waals surface area contributed by atoms with Crippen molar-refractivity contribution in [2.45, 2.75) is 44.2 Å². The summed E-state index contributed by atoms with van der Waals surface area (Å²) >= 11 is 0. The summed E-state index contributed by atoms with van der Waals surface area (Å²) in [4.78, 5) is 11.8. The molecule has 1 saturated carbocycles. The Kier molecular flexibility index (Phi) is 8.87. The molecule has 3 rings (SSSR count). The van der Waals surface area contributed by atoms with E-state index in [-0.39, 0.29) is 36.5 Å². The van der Waals surface area contributed by atoms with E-state index >= 15 is 0 Å². The standard InChI is InChI=1S/C24H32FN3O5S/c1-16(18-6-10-22(25)23(14-18)32-2)28-20-7-3-19(13-20)17-4-8-21(9-5-17)33-15-24(29)27-11-12-34(26,30)31/h4-6,8-10,14,16,19-20,28H,3,7,11-13,15H2,1-2H3,(H,27,29)(H2,26,30,31)/t16-,19-,20+/m1/s1. The first kappa shape index (κ1) is 25.9. The van der Waals surface area contributed by atoms with E-state index in [0.29, 0.717) is 17.7 Å². The molecule has 0 radical (unpaired) electrons. The minimum atomic E-state index is -3.61. The SMILES string of the molecule is COc1cc([C@@H](C)N[C@H]2CC[C@@H](c3ccc(OCC(=O)NCCS(N)(=O)=O)cc3)C2)ccc1F. The van der Waals surface area contributed by atoms with Crippen LogP contribution in [0.4, 0.5) is 4.39 Å². The smallest absolute Gasteiger partial charge is 0.257 e. The second kappa shape index (κ2) is 11.6. The molecule has 0 bridgehead atoms. The highest BCUT2D eigenvalue weighted by atomic mass is 32.2. The van der Waals surface area contributed by atoms with Gasteiger partial charge in [0, 0.05) is 18.6 Å². The van der Waals surface area contributed by atoms with Crippen LogP contribution in [0.25, 0.3) is 0 Å². The molecule has 34 heavy (non-hydrogen) atoms. The summed E-state index contributed by atoms with van der Waals surface area (Å²) in [5, 5.41) is 11.0. The molecule has 0 saturated heterocycles. The Labute approximate surface area is 200 Å². The summed E-state index contributed by atoms with van der Waals surface area (Å²) in [6.45, 7) is 1.81. The van der Waals surface area contributed by atoms with Gasteiger partial charge >= 0.3 is 0 Å². The normalized spacial score (nSPS) is 18.9. The van der Waals surface area contributed by atoms with E-state index in [4.69, 9.17) is 14.6 Å². The number of sulfonamides is 1. The molecule has 0 aromatic heterocycles. The summed E-state index contributed by atoms with van der Waals surface area (Å²) in [6.07, 6.45) is 3.10. The van der Waals surface area contributed by atoms with Gasteiger partial charge in [0.2, 0.25) is 10.0 Å². The average molecular weight is 494 g/mol. The third-order valence-corrected chi connectivity index (χ3v) is 6.80. The van der Waals surface area contributed by atoms with Crippen molar-refractivity contribution in [3.05, 3.63) is 59.4 Å². The zero-order valence-electron chi connectivity index (χ0n) is 19.4. The van der Waals surface area contributed by atoms with Gasteiger partial charge in [0.05, 0.1) is 12.9 Å². The molecule has 4 N–H and O–H groups in total. The molecule has 1 aliphatic rings. The topological polar surface area (TPSA) is 120 Å². The molecule has 0 aliphatic heterocycles. The highest BCUT2D eigenvalue weighted by molar-refractivity contribution is 7.89. The van der Waals surface area contributed by atoms with Gasteiger partial charge in [0.15, 0.2) is 18.2 Å². The van der Waals surface area contributed by atoms with Gasteiger partial charge in [-0.25, -0.2) is 17.9 Å². The van der Waals surface area contributed by atoms with Crippen LogP contribution in [0.5, 0.6) is 11.5 Å². The van der Waals surface area contributed by atoms with Crippen molar-refractivity contribution in [2.75, 3.05) is 26.0 Å². The summed E-state index contributed by atoms with van der Waals surface area (Å²) < 4.78 is 46.0. The maximum Gasteiger partial charge on any atom is 0.257 e. The molecule has 2 aromatic carbocycles. The van der Waals surface area contributed by atoms with Gasteiger partial charge in [0.25, 0.3) is 5.91 Å². The van der Waals surface area contributed by atoms with Crippen LogP contribution in [-0.2, 0) is 14.8 Å². The number of halogens is 1. The predicted octanol–water partition coefficient (Wildman–Crippen LogP) is 2.60. The molecule has 8 nitrogen and oxygen atoms in total. The number of ether oxygens (including phenoxy) is 2. The number of carbonyl (C=O) groups excluding carboxylic acids is 1. The Morgan fingerprint density at radius 3 is 2.62 bits per heavy atom. The highest BCUT2D eigenvalue weighted by Crippen LogP contribution is 2.36. The Morgan fingerprint density at radius 2 is 1.94 bits per heavy atom. The van der Waals surface area contributed by atoms with Gasteiger partial charge in [-0.05, 0) is 67.5 Å². The number of hydrogen-bond donors (Lipinski definition) is 3. The molecule has 1 amide bonds. The molecule has 0 unspecified atom stereocenters. The van der Waals surface area contributed by atoms with Gasteiger partial charge in [-0.3, -0.25) is 4.79 Å². The van der Waals surface area contributed by atoms with Crippen LogP contribution in [0.1, 0.15) is 49.3 Å². The Balaban J connectivity index is 1.45. The first-order chi connectivity index (χ1) is 16.1. The fraction of sp³-hybridized carbons (Fsp3) is 0.458. The first-order valence-corrected chi connectivity index (χ1v) is 13.0. The van der Waals surface area contributed by atoms with E-state index in [1.54, 1.807) is 12.1 Å². The van der Waals surface area contributed by atoms with Crippen molar-refractivity contribution >= 4 is 15.9 Å². The van der Waals surface area contributed by atoms with E-state index in [0.717, 1.165) is 24.8 Å². The average Bonchev–Trinajstić information content (AvgIpc) is 3.26. The van der Waals surface area contributed by atoms with Crippen molar-refractivity contribution in [3.63, 3.8) is 0 Å². The maximum atomic E-state index is 13.7. The number of nitrogens with two attached hydrogens (primary N) is 1. The Morgan fingerprint density at radius 1 is 1.21 bits per heavy atom. The van der Waals surface area contributed by atoms with Gasteiger partial charge in [0.1, 0.15) is 5.75 Å². The molecule has 10 heteroatoms. The van der Waals surface area contributed by atoms with E-state index in [2.05, 4.69) is 17.6 Å². The van der Waals surface area contributed by atoms with Gasteiger partial charge < -0.3 is 20.1 Å². The maximum absolute atomic E-state index is 13.7. The van der Waals surface area contributed by atoms with E-state index in [1.807, 2.05) is 24.3 Å². The van der Waals surface area contributed by atoms with Gasteiger partial charge in [-0.15, -0.1) is 0 Å². The van der Waals surface area contributed by atoms with E-state index in [9.17, 15) is 17.6 Å². The molecule has 186 valence electrons. The first-order valence-electron chi connectivity index (χ1n) is 11.2. The molecule has 0 heterocycles. The van der Waals surface area contributed by atoms with Gasteiger partial charge in [-0.2, -0.15) is 0 Å². The third kappa shape index (κ3) is 7.68. The Bertz CT molecular complexity index is 1080. The molecule has 3 atom stereocenters. The van der Waals surface area contributed by atoms with Crippen LogP contribution < -0.4 is 25.2 Å². The molecule has 1 fully saturated rings. The minimum Gasteiger partial charge on any atom is -0.494 e. The van der Waals surface area contributed by atoms with Crippen LogP contribution in [0.3, 0.4) is 0 Å². The van der Waals surface area contributed by atoms with Crippen LogP contribution in [0, 0.1) is 5.82 Å².